The number of hydrogen-bond acceptors (Lipinski definition) is 3. The second-order valence-electron chi connectivity index (χ2n) is 5.18. The van der Waals surface area contributed by atoms with Crippen LogP contribution in [0.5, 0.6) is 0 Å². The average Bonchev–Trinajstić information content (AvgIpc) is 2.68. The molecule has 1 heterocycles. The third-order valence-electron chi connectivity index (χ3n) is 2.48. The van der Waals surface area contributed by atoms with Crippen molar-refractivity contribution in [2.24, 2.45) is 0 Å². The van der Waals surface area contributed by atoms with E-state index in [1.807, 2.05) is 45.0 Å². The molecule has 0 unspecified atom stereocenters. The molecule has 0 spiro atoms. The van der Waals surface area contributed by atoms with Gasteiger partial charge in [-0.25, -0.2) is 0 Å². The van der Waals surface area contributed by atoms with Crippen LogP contribution in [0.25, 0.3) is 11.0 Å². The molecule has 1 aromatic heterocycles. The zero-order valence-electron chi connectivity index (χ0n) is 10.4. The number of rotatable bonds is 3. The highest BCUT2D eigenvalue weighted by Crippen LogP contribution is 2.19. The van der Waals surface area contributed by atoms with Crippen molar-refractivity contribution in [3.05, 3.63) is 36.1 Å². The van der Waals surface area contributed by atoms with Crippen molar-refractivity contribution in [3.63, 3.8) is 0 Å². The van der Waals surface area contributed by atoms with Crippen molar-refractivity contribution in [2.75, 3.05) is 6.54 Å². The fourth-order valence-electron chi connectivity index (χ4n) is 1.55. The lowest BCUT2D eigenvalue weighted by Gasteiger charge is -2.19. The minimum Gasteiger partial charge on any atom is -0.453 e. The number of fused-ring (bicyclic) bond motifs is 1. The third-order valence-corrected chi connectivity index (χ3v) is 2.48. The van der Waals surface area contributed by atoms with E-state index in [-0.39, 0.29) is 11.3 Å². The van der Waals surface area contributed by atoms with Crippen LogP contribution in [0, 0.1) is 0 Å². The molecule has 3 heteroatoms. The molecular weight excluding hydrogens is 214 g/mol. The van der Waals surface area contributed by atoms with Gasteiger partial charge in [-0.15, -0.1) is 0 Å². The average molecular weight is 231 g/mol. The molecule has 0 bridgehead atoms. The van der Waals surface area contributed by atoms with Crippen molar-refractivity contribution in [2.45, 2.75) is 26.3 Å². The number of carbonyl (C=O) groups is 1. The predicted octanol–water partition coefficient (Wildman–Crippen LogP) is 3.00. The third kappa shape index (κ3) is 2.94. The van der Waals surface area contributed by atoms with Gasteiger partial charge in [0.15, 0.2) is 5.76 Å². The molecule has 0 atom stereocenters. The minimum absolute atomic E-state index is 0.0175. The van der Waals surface area contributed by atoms with E-state index in [9.17, 15) is 4.79 Å². The molecule has 0 saturated heterocycles. The molecule has 2 rings (SSSR count). The number of Topliss-reactive ketones (excluding diaryl/α,β-unsaturated/α-hetero) is 1. The highest BCUT2D eigenvalue weighted by molar-refractivity contribution is 5.98. The lowest BCUT2D eigenvalue weighted by Crippen LogP contribution is -2.39. The number of para-hydroxylation sites is 1. The lowest BCUT2D eigenvalue weighted by atomic mass is 10.1. The smallest absolute Gasteiger partial charge is 0.211 e. The molecule has 1 aromatic carbocycles. The summed E-state index contributed by atoms with van der Waals surface area (Å²) in [5.41, 5.74) is 0.688. The molecule has 1 N–H and O–H groups in total. The first-order chi connectivity index (χ1) is 7.96. The summed E-state index contributed by atoms with van der Waals surface area (Å²) in [6.07, 6.45) is 0. The molecule has 3 nitrogen and oxygen atoms in total. The van der Waals surface area contributed by atoms with E-state index in [1.165, 1.54) is 0 Å². The molecular formula is C14H17NO2. The SMILES string of the molecule is CC(C)(C)NCC(=O)c1cc2ccccc2o1. The fourth-order valence-corrected chi connectivity index (χ4v) is 1.55. The van der Waals surface area contributed by atoms with Gasteiger partial charge in [0, 0.05) is 10.9 Å². The highest BCUT2D eigenvalue weighted by Gasteiger charge is 2.15. The number of carbonyl (C=O) groups excluding carboxylic acids is 1. The molecule has 90 valence electrons. The van der Waals surface area contributed by atoms with Crippen molar-refractivity contribution in [3.8, 4) is 0 Å². The van der Waals surface area contributed by atoms with E-state index in [1.54, 1.807) is 6.07 Å². The van der Waals surface area contributed by atoms with Crippen LogP contribution >= 0.6 is 0 Å². The summed E-state index contributed by atoms with van der Waals surface area (Å²) in [6.45, 7) is 6.38. The molecule has 0 radical (unpaired) electrons. The normalized spacial score (nSPS) is 11.9. The Hall–Kier alpha value is -1.61. The first-order valence-corrected chi connectivity index (χ1v) is 5.72. The minimum atomic E-state index is -0.0678. The maximum absolute atomic E-state index is 11.9. The summed E-state index contributed by atoms with van der Waals surface area (Å²) < 4.78 is 5.51. The van der Waals surface area contributed by atoms with Gasteiger partial charge in [0.25, 0.3) is 0 Å². The predicted molar refractivity (Wildman–Crippen MR) is 68.3 cm³/mol. The molecule has 0 aliphatic carbocycles. The first-order valence-electron chi connectivity index (χ1n) is 5.72. The molecule has 0 saturated carbocycles. The van der Waals surface area contributed by atoms with E-state index in [0.29, 0.717) is 12.3 Å². The van der Waals surface area contributed by atoms with Gasteiger partial charge >= 0.3 is 0 Å². The van der Waals surface area contributed by atoms with Gasteiger partial charge in [-0.05, 0) is 32.9 Å². The van der Waals surface area contributed by atoms with E-state index < -0.39 is 0 Å². The maximum atomic E-state index is 11.9. The summed E-state index contributed by atoms with van der Waals surface area (Å²) in [5, 5.41) is 4.12. The summed E-state index contributed by atoms with van der Waals surface area (Å²) >= 11 is 0. The van der Waals surface area contributed by atoms with Crippen LogP contribution in [0.15, 0.2) is 34.7 Å². The van der Waals surface area contributed by atoms with Crippen LogP contribution in [0.4, 0.5) is 0 Å². The van der Waals surface area contributed by atoms with E-state index in [0.717, 1.165) is 11.0 Å². The Labute approximate surface area is 101 Å². The quantitative estimate of drug-likeness (QED) is 0.826. The van der Waals surface area contributed by atoms with Crippen LogP contribution < -0.4 is 5.32 Å². The van der Waals surface area contributed by atoms with E-state index in [2.05, 4.69) is 5.32 Å². The Bertz CT molecular complexity index is 501. The van der Waals surface area contributed by atoms with Gasteiger partial charge in [-0.3, -0.25) is 4.79 Å². The number of benzene rings is 1. The van der Waals surface area contributed by atoms with Crippen molar-refractivity contribution in [1.82, 2.24) is 5.32 Å². The van der Waals surface area contributed by atoms with Crippen LogP contribution in [0.1, 0.15) is 31.3 Å². The van der Waals surface area contributed by atoms with Gasteiger partial charge in [-0.1, -0.05) is 18.2 Å². The zero-order chi connectivity index (χ0) is 12.5. The number of furan rings is 1. The molecule has 0 fully saturated rings. The first kappa shape index (κ1) is 11.9. The Morgan fingerprint density at radius 3 is 2.65 bits per heavy atom. The highest BCUT2D eigenvalue weighted by atomic mass is 16.3. The Kier molecular flexibility index (Phi) is 3.03. The van der Waals surface area contributed by atoms with E-state index in [4.69, 9.17) is 4.42 Å². The van der Waals surface area contributed by atoms with Crippen LogP contribution in [-0.4, -0.2) is 17.9 Å². The van der Waals surface area contributed by atoms with Gasteiger partial charge in [0.05, 0.1) is 6.54 Å². The molecule has 2 aromatic rings. The van der Waals surface area contributed by atoms with Gasteiger partial charge < -0.3 is 9.73 Å². The lowest BCUT2D eigenvalue weighted by molar-refractivity contribution is 0.0957. The molecule has 17 heavy (non-hydrogen) atoms. The Morgan fingerprint density at radius 2 is 2.00 bits per heavy atom. The zero-order valence-corrected chi connectivity index (χ0v) is 10.4. The topological polar surface area (TPSA) is 42.2 Å². The van der Waals surface area contributed by atoms with Crippen molar-refractivity contribution < 1.29 is 9.21 Å². The van der Waals surface area contributed by atoms with Gasteiger partial charge in [-0.2, -0.15) is 0 Å². The number of hydrogen-bond donors (Lipinski definition) is 1. The molecule has 0 aliphatic rings. The van der Waals surface area contributed by atoms with Crippen LogP contribution in [0.2, 0.25) is 0 Å². The standard InChI is InChI=1S/C14H17NO2/c1-14(2,3)15-9-11(16)13-8-10-6-4-5-7-12(10)17-13/h4-8,15H,9H2,1-3H3. The number of nitrogens with one attached hydrogen (secondary N) is 1. The van der Waals surface area contributed by atoms with Gasteiger partial charge in [0.2, 0.25) is 5.78 Å². The van der Waals surface area contributed by atoms with E-state index >= 15 is 0 Å². The fraction of sp³-hybridized carbons (Fsp3) is 0.357. The molecule has 0 amide bonds. The maximum Gasteiger partial charge on any atom is 0.211 e. The van der Waals surface area contributed by atoms with Gasteiger partial charge in [0.1, 0.15) is 5.58 Å². The van der Waals surface area contributed by atoms with Crippen molar-refractivity contribution >= 4 is 16.8 Å². The Morgan fingerprint density at radius 1 is 1.29 bits per heavy atom. The van der Waals surface area contributed by atoms with Crippen molar-refractivity contribution in [1.29, 1.82) is 0 Å². The summed E-state index contributed by atoms with van der Waals surface area (Å²) in [6, 6.07) is 9.42. The largest absolute Gasteiger partial charge is 0.453 e. The monoisotopic (exact) mass is 231 g/mol. The van der Waals surface area contributed by atoms with Crippen LogP contribution in [-0.2, 0) is 0 Å². The van der Waals surface area contributed by atoms with Crippen LogP contribution in [0.3, 0.4) is 0 Å². The summed E-state index contributed by atoms with van der Waals surface area (Å²) in [7, 11) is 0. The molecule has 0 aliphatic heterocycles. The summed E-state index contributed by atoms with van der Waals surface area (Å²) in [4.78, 5) is 11.9. The Balaban J connectivity index is 2.14. The summed E-state index contributed by atoms with van der Waals surface area (Å²) in [5.74, 6) is 0.402. The number of ketones is 1. The second-order valence-corrected chi connectivity index (χ2v) is 5.18. The second kappa shape index (κ2) is 4.34.